The fourth-order valence-electron chi connectivity index (χ4n) is 3.12. The number of benzene rings is 1. The number of hydrogen-bond acceptors (Lipinski definition) is 1. The minimum atomic E-state index is -2.29. The molecule has 0 saturated carbocycles. The van der Waals surface area contributed by atoms with Crippen molar-refractivity contribution >= 4 is 8.32 Å². The highest BCUT2D eigenvalue weighted by atomic mass is 28.4. The highest BCUT2D eigenvalue weighted by Crippen LogP contribution is 2.37. The first-order chi connectivity index (χ1) is 12.0. The lowest BCUT2D eigenvalue weighted by Gasteiger charge is -2.36. The standard InChI is InChI=1S/C23H34OSi/c1-7-9-10-11-12-16-19-25(20(3)4,21(5)6)24-23(8-2)22-17-14-13-15-18-22/h2,13-15,17-18,20-21,23H,7,9-12H2,1,3-6H3/t23-/m0/s1. The lowest BCUT2D eigenvalue weighted by Crippen LogP contribution is -2.44. The van der Waals surface area contributed by atoms with Crippen molar-refractivity contribution in [2.75, 3.05) is 0 Å². The molecule has 0 fully saturated rings. The number of terminal acetylenes is 1. The van der Waals surface area contributed by atoms with Gasteiger partial charge in [-0.2, -0.15) is 0 Å². The highest BCUT2D eigenvalue weighted by Gasteiger charge is 2.43. The van der Waals surface area contributed by atoms with Gasteiger partial charge in [-0.3, -0.25) is 0 Å². The molecule has 2 heteroatoms. The van der Waals surface area contributed by atoms with Gasteiger partial charge in [0, 0.05) is 6.42 Å². The molecule has 1 aromatic rings. The molecule has 25 heavy (non-hydrogen) atoms. The van der Waals surface area contributed by atoms with Crippen LogP contribution in [0.3, 0.4) is 0 Å². The third-order valence-corrected chi connectivity index (χ3v) is 9.35. The van der Waals surface area contributed by atoms with Crippen molar-refractivity contribution in [1.29, 1.82) is 0 Å². The van der Waals surface area contributed by atoms with E-state index < -0.39 is 8.32 Å². The van der Waals surface area contributed by atoms with Crippen molar-refractivity contribution in [2.24, 2.45) is 0 Å². The summed E-state index contributed by atoms with van der Waals surface area (Å²) in [6.45, 7) is 11.2. The van der Waals surface area contributed by atoms with Crippen LogP contribution in [0.1, 0.15) is 78.4 Å². The second-order valence-electron chi connectivity index (χ2n) is 7.29. The molecular formula is C23H34OSi. The molecule has 1 rings (SSSR count). The topological polar surface area (TPSA) is 9.23 Å². The average Bonchev–Trinajstić information content (AvgIpc) is 2.61. The summed E-state index contributed by atoms with van der Waals surface area (Å²) < 4.78 is 6.65. The molecule has 1 atom stereocenters. The molecule has 0 aliphatic heterocycles. The van der Waals surface area contributed by atoms with E-state index in [9.17, 15) is 0 Å². The van der Waals surface area contributed by atoms with Gasteiger partial charge in [0.25, 0.3) is 8.32 Å². The Morgan fingerprint density at radius 1 is 1.00 bits per heavy atom. The largest absolute Gasteiger partial charge is 0.387 e. The lowest BCUT2D eigenvalue weighted by molar-refractivity contribution is 0.244. The van der Waals surface area contributed by atoms with Gasteiger partial charge >= 0.3 is 0 Å². The van der Waals surface area contributed by atoms with E-state index in [0.29, 0.717) is 11.1 Å². The molecule has 0 aliphatic rings. The van der Waals surface area contributed by atoms with E-state index in [1.165, 1.54) is 25.7 Å². The molecule has 0 heterocycles. The second-order valence-corrected chi connectivity index (χ2v) is 11.7. The average molecular weight is 355 g/mol. The summed E-state index contributed by atoms with van der Waals surface area (Å²) in [4.78, 5) is 0. The monoisotopic (exact) mass is 354 g/mol. The Morgan fingerprint density at radius 3 is 2.16 bits per heavy atom. The van der Waals surface area contributed by atoms with Crippen molar-refractivity contribution < 1.29 is 4.43 Å². The molecule has 0 bridgehead atoms. The summed E-state index contributed by atoms with van der Waals surface area (Å²) in [5, 5.41) is 0. The van der Waals surface area contributed by atoms with Crippen molar-refractivity contribution in [3.8, 4) is 23.8 Å². The Morgan fingerprint density at radius 2 is 1.64 bits per heavy atom. The Bertz CT molecular complexity index is 578. The van der Waals surface area contributed by atoms with Gasteiger partial charge < -0.3 is 4.43 Å². The van der Waals surface area contributed by atoms with Gasteiger partial charge in [0.05, 0.1) is 0 Å². The summed E-state index contributed by atoms with van der Waals surface area (Å²) in [5.74, 6) is 6.29. The number of rotatable bonds is 9. The zero-order valence-corrected chi connectivity index (χ0v) is 17.6. The van der Waals surface area contributed by atoms with Crippen LogP contribution in [0, 0.1) is 23.8 Å². The summed E-state index contributed by atoms with van der Waals surface area (Å²) >= 11 is 0. The maximum atomic E-state index is 6.65. The van der Waals surface area contributed by atoms with E-state index in [2.05, 4.69) is 52.0 Å². The predicted octanol–water partition coefficient (Wildman–Crippen LogP) is 6.66. The molecule has 0 radical (unpaired) electrons. The lowest BCUT2D eigenvalue weighted by atomic mass is 10.1. The zero-order valence-electron chi connectivity index (χ0n) is 16.6. The molecular weight excluding hydrogens is 320 g/mol. The molecule has 0 saturated heterocycles. The first-order valence-corrected chi connectivity index (χ1v) is 11.7. The minimum absolute atomic E-state index is 0.313. The minimum Gasteiger partial charge on any atom is -0.387 e. The first-order valence-electron chi connectivity index (χ1n) is 9.66. The zero-order chi connectivity index (χ0) is 18.7. The molecule has 0 aliphatic carbocycles. The van der Waals surface area contributed by atoms with E-state index >= 15 is 0 Å². The number of unbranched alkanes of at least 4 members (excludes halogenated alkanes) is 4. The van der Waals surface area contributed by atoms with Crippen LogP contribution in [0.15, 0.2) is 30.3 Å². The molecule has 0 amide bonds. The third kappa shape index (κ3) is 6.39. The summed E-state index contributed by atoms with van der Waals surface area (Å²) in [6, 6.07) is 10.1. The van der Waals surface area contributed by atoms with Gasteiger partial charge in [-0.15, -0.1) is 12.3 Å². The third-order valence-electron chi connectivity index (χ3n) is 4.72. The molecule has 0 N–H and O–H groups in total. The van der Waals surface area contributed by atoms with E-state index in [1.807, 2.05) is 30.3 Å². The second kappa shape index (κ2) is 11.2. The van der Waals surface area contributed by atoms with Gasteiger partial charge in [-0.1, -0.05) is 95.7 Å². The van der Waals surface area contributed by atoms with Crippen LogP contribution in [0.5, 0.6) is 0 Å². The maximum absolute atomic E-state index is 6.65. The van der Waals surface area contributed by atoms with Crippen LogP contribution in [0.4, 0.5) is 0 Å². The molecule has 0 spiro atoms. The SMILES string of the molecule is C#C[C@H](O[Si](C#CCCCCCC)(C(C)C)C(C)C)c1ccccc1. The Kier molecular flexibility index (Phi) is 9.65. The van der Waals surface area contributed by atoms with Crippen LogP contribution in [0.25, 0.3) is 0 Å². The highest BCUT2D eigenvalue weighted by molar-refractivity contribution is 6.84. The van der Waals surface area contributed by atoms with Crippen molar-refractivity contribution in [3.63, 3.8) is 0 Å². The van der Waals surface area contributed by atoms with Gasteiger partial charge in [-0.25, -0.2) is 0 Å². The van der Waals surface area contributed by atoms with Crippen LogP contribution < -0.4 is 0 Å². The van der Waals surface area contributed by atoms with Gasteiger partial charge in [0.1, 0.15) is 6.10 Å². The molecule has 136 valence electrons. The van der Waals surface area contributed by atoms with Crippen LogP contribution in [0.2, 0.25) is 11.1 Å². The maximum Gasteiger partial charge on any atom is 0.278 e. The van der Waals surface area contributed by atoms with Crippen LogP contribution in [-0.4, -0.2) is 8.32 Å². The van der Waals surface area contributed by atoms with Gasteiger partial charge in [0.15, 0.2) is 0 Å². The number of hydrogen-bond donors (Lipinski definition) is 0. The van der Waals surface area contributed by atoms with E-state index in [4.69, 9.17) is 10.8 Å². The van der Waals surface area contributed by atoms with Crippen LogP contribution in [-0.2, 0) is 4.43 Å². The first kappa shape index (κ1) is 21.6. The predicted molar refractivity (Wildman–Crippen MR) is 112 cm³/mol. The van der Waals surface area contributed by atoms with Crippen molar-refractivity contribution in [1.82, 2.24) is 0 Å². The summed E-state index contributed by atoms with van der Waals surface area (Å²) in [5.41, 5.74) is 5.46. The molecule has 1 aromatic carbocycles. The normalized spacial score (nSPS) is 12.6. The molecule has 1 nitrogen and oxygen atoms in total. The quantitative estimate of drug-likeness (QED) is 0.274. The van der Waals surface area contributed by atoms with E-state index in [1.54, 1.807) is 0 Å². The smallest absolute Gasteiger partial charge is 0.278 e. The molecule has 0 aromatic heterocycles. The Hall–Kier alpha value is -1.48. The summed E-state index contributed by atoms with van der Waals surface area (Å²) in [6.07, 6.45) is 11.5. The van der Waals surface area contributed by atoms with Crippen molar-refractivity contribution in [3.05, 3.63) is 35.9 Å². The Labute approximate surface area is 156 Å². The van der Waals surface area contributed by atoms with E-state index in [0.717, 1.165) is 12.0 Å². The van der Waals surface area contributed by atoms with Gasteiger partial charge in [-0.05, 0) is 23.1 Å². The van der Waals surface area contributed by atoms with Gasteiger partial charge in [0.2, 0.25) is 0 Å². The summed E-state index contributed by atoms with van der Waals surface area (Å²) in [7, 11) is -2.29. The Balaban J connectivity index is 2.99. The van der Waals surface area contributed by atoms with Crippen molar-refractivity contribution in [2.45, 2.75) is 83.9 Å². The van der Waals surface area contributed by atoms with E-state index in [-0.39, 0.29) is 6.10 Å². The fraction of sp³-hybridized carbons (Fsp3) is 0.565. The fourth-order valence-corrected chi connectivity index (χ4v) is 6.63. The molecule has 0 unspecified atom stereocenters. The van der Waals surface area contributed by atoms with Crippen LogP contribution >= 0.6 is 0 Å².